The van der Waals surface area contributed by atoms with E-state index in [4.69, 9.17) is 5.11 Å². The zero-order valence-corrected chi connectivity index (χ0v) is 5.56. The SMILES string of the molecule is OCC1CC(S)CN1. The largest absolute Gasteiger partial charge is 0.395 e. The maximum Gasteiger partial charge on any atom is 0.0585 e. The third-order valence-corrected chi connectivity index (χ3v) is 1.81. The molecule has 1 aliphatic rings. The van der Waals surface area contributed by atoms with Crippen molar-refractivity contribution in [3.05, 3.63) is 0 Å². The van der Waals surface area contributed by atoms with Gasteiger partial charge >= 0.3 is 0 Å². The van der Waals surface area contributed by atoms with Crippen LogP contribution in [0.2, 0.25) is 0 Å². The molecule has 1 saturated heterocycles. The fourth-order valence-electron chi connectivity index (χ4n) is 0.937. The lowest BCUT2D eigenvalue weighted by Gasteiger charge is -2.01. The Kier molecular flexibility index (Phi) is 2.16. The van der Waals surface area contributed by atoms with E-state index in [2.05, 4.69) is 17.9 Å². The third kappa shape index (κ3) is 1.37. The Hall–Kier alpha value is 0.270. The van der Waals surface area contributed by atoms with Gasteiger partial charge in [-0.05, 0) is 6.42 Å². The molecule has 3 heteroatoms. The van der Waals surface area contributed by atoms with Crippen LogP contribution in [0.25, 0.3) is 0 Å². The fourth-order valence-corrected chi connectivity index (χ4v) is 1.30. The van der Waals surface area contributed by atoms with E-state index in [-0.39, 0.29) is 6.61 Å². The Labute approximate surface area is 54.7 Å². The number of aliphatic hydroxyl groups is 1. The van der Waals surface area contributed by atoms with E-state index in [1.165, 1.54) is 0 Å². The minimum absolute atomic E-state index is 0.247. The lowest BCUT2D eigenvalue weighted by atomic mass is 10.2. The second-order valence-electron chi connectivity index (χ2n) is 2.18. The maximum absolute atomic E-state index is 8.59. The molecule has 0 bridgehead atoms. The minimum atomic E-state index is 0.247. The molecule has 0 aromatic carbocycles. The third-order valence-electron chi connectivity index (χ3n) is 1.42. The summed E-state index contributed by atoms with van der Waals surface area (Å²) in [5, 5.41) is 12.2. The van der Waals surface area contributed by atoms with E-state index in [1.54, 1.807) is 0 Å². The molecule has 1 heterocycles. The van der Waals surface area contributed by atoms with Crippen molar-refractivity contribution in [2.75, 3.05) is 13.2 Å². The predicted octanol–water partition coefficient (Wildman–Crippen LogP) is -0.361. The van der Waals surface area contributed by atoms with Gasteiger partial charge in [0, 0.05) is 17.8 Å². The van der Waals surface area contributed by atoms with Crippen molar-refractivity contribution < 1.29 is 5.11 Å². The molecule has 1 rings (SSSR count). The Morgan fingerprint density at radius 3 is 2.75 bits per heavy atom. The molecule has 1 aliphatic heterocycles. The summed E-state index contributed by atoms with van der Waals surface area (Å²) < 4.78 is 0. The second kappa shape index (κ2) is 2.71. The highest BCUT2D eigenvalue weighted by atomic mass is 32.1. The fraction of sp³-hybridized carbons (Fsp3) is 1.00. The molecule has 8 heavy (non-hydrogen) atoms. The topological polar surface area (TPSA) is 32.3 Å². The molecule has 1 fully saturated rings. The summed E-state index contributed by atoms with van der Waals surface area (Å²) in [4.78, 5) is 0. The summed E-state index contributed by atoms with van der Waals surface area (Å²) in [6.07, 6.45) is 1.000. The van der Waals surface area contributed by atoms with Crippen molar-refractivity contribution in [3.63, 3.8) is 0 Å². The summed E-state index contributed by atoms with van der Waals surface area (Å²) in [5.74, 6) is 0. The predicted molar refractivity (Wildman–Crippen MR) is 36.3 cm³/mol. The van der Waals surface area contributed by atoms with Crippen LogP contribution in [0, 0.1) is 0 Å². The van der Waals surface area contributed by atoms with Crippen LogP contribution in [-0.2, 0) is 0 Å². The zero-order valence-electron chi connectivity index (χ0n) is 4.67. The lowest BCUT2D eigenvalue weighted by Crippen LogP contribution is -2.24. The van der Waals surface area contributed by atoms with Gasteiger partial charge in [-0.15, -0.1) is 0 Å². The highest BCUT2D eigenvalue weighted by molar-refractivity contribution is 7.81. The molecule has 2 N–H and O–H groups in total. The first-order valence-electron chi connectivity index (χ1n) is 2.85. The summed E-state index contributed by atoms with van der Waals surface area (Å²) in [6.45, 7) is 1.19. The normalized spacial score (nSPS) is 38.2. The van der Waals surface area contributed by atoms with Gasteiger partial charge in [-0.3, -0.25) is 0 Å². The van der Waals surface area contributed by atoms with Crippen molar-refractivity contribution in [3.8, 4) is 0 Å². The first kappa shape index (κ1) is 6.39. The molecule has 2 nitrogen and oxygen atoms in total. The van der Waals surface area contributed by atoms with Crippen LogP contribution in [-0.4, -0.2) is 29.5 Å². The quantitative estimate of drug-likeness (QED) is 0.427. The molecule has 0 spiro atoms. The van der Waals surface area contributed by atoms with Gasteiger partial charge in [0.15, 0.2) is 0 Å². The molecule has 2 atom stereocenters. The number of aliphatic hydroxyl groups excluding tert-OH is 1. The number of hydrogen-bond donors (Lipinski definition) is 3. The van der Waals surface area contributed by atoms with E-state index in [1.807, 2.05) is 0 Å². The summed E-state index contributed by atoms with van der Waals surface area (Å²) in [6, 6.07) is 0.303. The first-order chi connectivity index (χ1) is 3.83. The second-order valence-corrected chi connectivity index (χ2v) is 2.91. The van der Waals surface area contributed by atoms with Crippen molar-refractivity contribution in [1.29, 1.82) is 0 Å². The van der Waals surface area contributed by atoms with Gasteiger partial charge < -0.3 is 10.4 Å². The lowest BCUT2D eigenvalue weighted by molar-refractivity contribution is 0.255. The van der Waals surface area contributed by atoms with Crippen LogP contribution in [0.1, 0.15) is 6.42 Å². The van der Waals surface area contributed by atoms with Crippen molar-refractivity contribution in [1.82, 2.24) is 5.32 Å². The average Bonchev–Trinajstić information content (AvgIpc) is 2.14. The Bertz CT molecular complexity index is 78.8. The van der Waals surface area contributed by atoms with E-state index in [9.17, 15) is 0 Å². The minimum Gasteiger partial charge on any atom is -0.395 e. The van der Waals surface area contributed by atoms with Gasteiger partial charge in [-0.2, -0.15) is 12.6 Å². The molecule has 0 aromatic rings. The van der Waals surface area contributed by atoms with Crippen LogP contribution in [0.15, 0.2) is 0 Å². The molecule has 0 saturated carbocycles. The van der Waals surface area contributed by atoms with Crippen molar-refractivity contribution in [2.24, 2.45) is 0 Å². The highest BCUT2D eigenvalue weighted by Gasteiger charge is 2.19. The number of hydrogen-bond acceptors (Lipinski definition) is 3. The number of nitrogens with one attached hydrogen (secondary N) is 1. The van der Waals surface area contributed by atoms with Crippen LogP contribution in [0.5, 0.6) is 0 Å². The maximum atomic E-state index is 8.59. The smallest absolute Gasteiger partial charge is 0.0585 e. The summed E-state index contributed by atoms with van der Waals surface area (Å²) in [7, 11) is 0. The van der Waals surface area contributed by atoms with E-state index in [0.29, 0.717) is 11.3 Å². The first-order valence-corrected chi connectivity index (χ1v) is 3.37. The molecule has 0 radical (unpaired) electrons. The van der Waals surface area contributed by atoms with E-state index >= 15 is 0 Å². The highest BCUT2D eigenvalue weighted by Crippen LogP contribution is 2.10. The molecular weight excluding hydrogens is 122 g/mol. The van der Waals surface area contributed by atoms with Crippen molar-refractivity contribution >= 4 is 12.6 Å². The summed E-state index contributed by atoms with van der Waals surface area (Å²) >= 11 is 4.23. The number of thiol groups is 1. The van der Waals surface area contributed by atoms with E-state index < -0.39 is 0 Å². The van der Waals surface area contributed by atoms with Gasteiger partial charge in [0.25, 0.3) is 0 Å². The Morgan fingerprint density at radius 2 is 2.50 bits per heavy atom. The Morgan fingerprint density at radius 1 is 1.75 bits per heavy atom. The molecule has 0 aliphatic carbocycles. The standard InChI is InChI=1S/C5H11NOS/c7-3-4-1-5(8)2-6-4/h4-8H,1-3H2. The molecule has 48 valence electrons. The van der Waals surface area contributed by atoms with Crippen LogP contribution >= 0.6 is 12.6 Å². The van der Waals surface area contributed by atoms with Crippen LogP contribution in [0.3, 0.4) is 0 Å². The van der Waals surface area contributed by atoms with Crippen LogP contribution in [0.4, 0.5) is 0 Å². The van der Waals surface area contributed by atoms with Gasteiger partial charge in [-0.1, -0.05) is 0 Å². The average molecular weight is 133 g/mol. The van der Waals surface area contributed by atoms with Gasteiger partial charge in [0.1, 0.15) is 0 Å². The molecule has 2 unspecified atom stereocenters. The monoisotopic (exact) mass is 133 g/mol. The summed E-state index contributed by atoms with van der Waals surface area (Å²) in [5.41, 5.74) is 0. The zero-order chi connectivity index (χ0) is 5.98. The van der Waals surface area contributed by atoms with Gasteiger partial charge in [-0.25, -0.2) is 0 Å². The number of rotatable bonds is 1. The Balaban J connectivity index is 2.22. The molecular formula is C5H11NOS. The molecule has 0 aromatic heterocycles. The van der Waals surface area contributed by atoms with Gasteiger partial charge in [0.2, 0.25) is 0 Å². The molecule has 0 amide bonds. The van der Waals surface area contributed by atoms with Gasteiger partial charge in [0.05, 0.1) is 6.61 Å². The van der Waals surface area contributed by atoms with Crippen LogP contribution < -0.4 is 5.32 Å². The van der Waals surface area contributed by atoms with Crippen molar-refractivity contribution in [2.45, 2.75) is 17.7 Å². The van der Waals surface area contributed by atoms with E-state index in [0.717, 1.165) is 13.0 Å².